The number of thioether (sulfide) groups is 1. The lowest BCUT2D eigenvalue weighted by Gasteiger charge is -2.08. The molecule has 2 aromatic carbocycles. The van der Waals surface area contributed by atoms with Crippen LogP contribution in [-0.2, 0) is 0 Å². The molecule has 0 spiro atoms. The zero-order chi connectivity index (χ0) is 20.2. The van der Waals surface area contributed by atoms with Crippen molar-refractivity contribution in [3.05, 3.63) is 84.4 Å². The number of oxazole rings is 1. The number of aromatic nitrogens is 2. The zero-order valence-corrected chi connectivity index (χ0v) is 16.2. The molecule has 5 nitrogen and oxygen atoms in total. The third-order valence-electron chi connectivity index (χ3n) is 4.25. The average Bonchev–Trinajstić information content (AvgIpc) is 3.24. The Hall–Kier alpha value is -3.45. The molecule has 2 heterocycles. The molecular weight excluding hydrogens is 389 g/mol. The molecular formula is C22H16FN3O2S. The summed E-state index contributed by atoms with van der Waals surface area (Å²) in [6.45, 7) is 0. The minimum atomic E-state index is -0.401. The van der Waals surface area contributed by atoms with E-state index in [9.17, 15) is 9.18 Å². The number of hydrogen-bond donors (Lipinski definition) is 1. The van der Waals surface area contributed by atoms with E-state index in [0.29, 0.717) is 28.1 Å². The smallest absolute Gasteiger partial charge is 0.256 e. The Morgan fingerprint density at radius 1 is 0.966 bits per heavy atom. The highest BCUT2D eigenvalue weighted by Crippen LogP contribution is 2.30. The first-order valence-corrected chi connectivity index (χ1v) is 9.99. The van der Waals surface area contributed by atoms with Crippen LogP contribution < -0.4 is 5.32 Å². The Labute approximate surface area is 171 Å². The SMILES string of the molecule is CSc1ccc(NC(=O)c2ccccc2-c2ncc(-c3ccccc3F)o2)cn1. The van der Waals surface area contributed by atoms with Gasteiger partial charge in [0.25, 0.3) is 5.91 Å². The van der Waals surface area contributed by atoms with Gasteiger partial charge in [-0.3, -0.25) is 4.79 Å². The van der Waals surface area contributed by atoms with Crippen LogP contribution in [0.4, 0.5) is 10.1 Å². The second kappa shape index (κ2) is 8.28. The molecule has 0 fully saturated rings. The lowest BCUT2D eigenvalue weighted by atomic mass is 10.1. The molecule has 4 rings (SSSR count). The van der Waals surface area contributed by atoms with E-state index < -0.39 is 5.82 Å². The first-order chi connectivity index (χ1) is 14.2. The number of pyridine rings is 1. The zero-order valence-electron chi connectivity index (χ0n) is 15.4. The van der Waals surface area contributed by atoms with Crippen LogP contribution in [0.5, 0.6) is 0 Å². The van der Waals surface area contributed by atoms with Crippen LogP contribution in [0.15, 0.2) is 82.5 Å². The number of benzene rings is 2. The summed E-state index contributed by atoms with van der Waals surface area (Å²) in [7, 11) is 0. The van der Waals surface area contributed by atoms with Gasteiger partial charge in [-0.25, -0.2) is 14.4 Å². The van der Waals surface area contributed by atoms with Gasteiger partial charge in [0.15, 0.2) is 5.76 Å². The van der Waals surface area contributed by atoms with Crippen LogP contribution in [0.3, 0.4) is 0 Å². The quantitative estimate of drug-likeness (QED) is 0.443. The summed E-state index contributed by atoms with van der Waals surface area (Å²) in [6.07, 6.45) is 4.99. The number of rotatable bonds is 5. The number of hydrogen-bond acceptors (Lipinski definition) is 5. The largest absolute Gasteiger partial charge is 0.436 e. The third kappa shape index (κ3) is 4.05. The van der Waals surface area contributed by atoms with E-state index in [1.54, 1.807) is 54.7 Å². The van der Waals surface area contributed by atoms with E-state index in [1.807, 2.05) is 12.3 Å². The summed E-state index contributed by atoms with van der Waals surface area (Å²) in [5.74, 6) is -0.178. The van der Waals surface area contributed by atoms with Crippen LogP contribution in [-0.4, -0.2) is 22.1 Å². The first kappa shape index (κ1) is 18.9. The van der Waals surface area contributed by atoms with Gasteiger partial charge < -0.3 is 9.73 Å². The van der Waals surface area contributed by atoms with Crippen molar-refractivity contribution in [1.29, 1.82) is 0 Å². The molecule has 1 amide bonds. The van der Waals surface area contributed by atoms with Gasteiger partial charge in [0.05, 0.1) is 34.2 Å². The molecule has 0 aliphatic rings. The summed E-state index contributed by atoms with van der Waals surface area (Å²) >= 11 is 1.52. The maximum absolute atomic E-state index is 14.0. The maximum Gasteiger partial charge on any atom is 0.256 e. The summed E-state index contributed by atoms with van der Waals surface area (Å²) in [6, 6.07) is 16.9. The summed E-state index contributed by atoms with van der Waals surface area (Å²) in [5.41, 5.74) is 1.81. The van der Waals surface area contributed by atoms with Crippen molar-refractivity contribution in [2.75, 3.05) is 11.6 Å². The van der Waals surface area contributed by atoms with Gasteiger partial charge in [0.1, 0.15) is 5.82 Å². The average molecular weight is 405 g/mol. The Bertz CT molecular complexity index is 1160. The summed E-state index contributed by atoms with van der Waals surface area (Å²) in [5, 5.41) is 3.69. The van der Waals surface area contributed by atoms with Crippen molar-refractivity contribution >= 4 is 23.4 Å². The molecule has 29 heavy (non-hydrogen) atoms. The predicted molar refractivity (Wildman–Crippen MR) is 111 cm³/mol. The van der Waals surface area contributed by atoms with Crippen molar-refractivity contribution in [3.8, 4) is 22.8 Å². The predicted octanol–water partition coefficient (Wildman–Crippen LogP) is 5.52. The highest BCUT2D eigenvalue weighted by atomic mass is 32.2. The van der Waals surface area contributed by atoms with Gasteiger partial charge >= 0.3 is 0 Å². The molecule has 0 radical (unpaired) electrons. The van der Waals surface area contributed by atoms with Crippen LogP contribution in [0, 0.1) is 5.82 Å². The lowest BCUT2D eigenvalue weighted by molar-refractivity contribution is 0.102. The molecule has 0 bridgehead atoms. The number of nitrogens with zero attached hydrogens (tertiary/aromatic N) is 2. The van der Waals surface area contributed by atoms with Gasteiger partial charge in [-0.2, -0.15) is 0 Å². The van der Waals surface area contributed by atoms with Crippen molar-refractivity contribution in [1.82, 2.24) is 9.97 Å². The first-order valence-electron chi connectivity index (χ1n) is 8.77. The summed E-state index contributed by atoms with van der Waals surface area (Å²) in [4.78, 5) is 21.3. The minimum absolute atomic E-state index is 0.241. The van der Waals surface area contributed by atoms with Gasteiger partial charge in [0.2, 0.25) is 5.89 Å². The van der Waals surface area contributed by atoms with Crippen molar-refractivity contribution < 1.29 is 13.6 Å². The number of anilines is 1. The Morgan fingerprint density at radius 2 is 1.72 bits per heavy atom. The number of carbonyl (C=O) groups is 1. The second-order valence-corrected chi connectivity index (χ2v) is 6.92. The van der Waals surface area contributed by atoms with Crippen LogP contribution in [0.1, 0.15) is 10.4 Å². The number of halogens is 1. The highest BCUT2D eigenvalue weighted by Gasteiger charge is 2.18. The molecule has 4 aromatic rings. The molecule has 0 atom stereocenters. The second-order valence-electron chi connectivity index (χ2n) is 6.10. The maximum atomic E-state index is 14.0. The van der Waals surface area contributed by atoms with Gasteiger partial charge in [-0.15, -0.1) is 11.8 Å². The fourth-order valence-corrected chi connectivity index (χ4v) is 3.19. The molecule has 0 unspecified atom stereocenters. The molecule has 0 saturated carbocycles. The number of amides is 1. The standard InChI is InChI=1S/C22H16FN3O2S/c1-29-20-11-10-14(12-24-20)26-21(27)15-6-2-3-7-16(15)22-25-13-19(28-22)17-8-4-5-9-18(17)23/h2-13H,1H3,(H,26,27). The van der Waals surface area contributed by atoms with E-state index in [2.05, 4.69) is 15.3 Å². The highest BCUT2D eigenvalue weighted by molar-refractivity contribution is 7.98. The third-order valence-corrected chi connectivity index (χ3v) is 4.91. The Kier molecular flexibility index (Phi) is 5.39. The van der Waals surface area contributed by atoms with Gasteiger partial charge in [0, 0.05) is 5.56 Å². The normalized spacial score (nSPS) is 10.7. The van der Waals surface area contributed by atoms with Crippen molar-refractivity contribution in [2.24, 2.45) is 0 Å². The van der Waals surface area contributed by atoms with E-state index in [1.165, 1.54) is 24.0 Å². The topological polar surface area (TPSA) is 68.0 Å². The number of carbonyl (C=O) groups excluding carboxylic acids is 1. The molecule has 7 heteroatoms. The van der Waals surface area contributed by atoms with Crippen LogP contribution in [0.25, 0.3) is 22.8 Å². The Balaban J connectivity index is 1.63. The lowest BCUT2D eigenvalue weighted by Crippen LogP contribution is -2.13. The molecule has 2 aromatic heterocycles. The van der Waals surface area contributed by atoms with E-state index >= 15 is 0 Å². The summed E-state index contributed by atoms with van der Waals surface area (Å²) < 4.78 is 19.8. The van der Waals surface area contributed by atoms with E-state index in [4.69, 9.17) is 4.42 Å². The van der Waals surface area contributed by atoms with E-state index in [-0.39, 0.29) is 11.8 Å². The van der Waals surface area contributed by atoms with Crippen LogP contribution in [0.2, 0.25) is 0 Å². The number of nitrogens with one attached hydrogen (secondary N) is 1. The van der Waals surface area contributed by atoms with E-state index in [0.717, 1.165) is 5.03 Å². The minimum Gasteiger partial charge on any atom is -0.436 e. The fraction of sp³-hybridized carbons (Fsp3) is 0.0455. The molecule has 0 saturated heterocycles. The Morgan fingerprint density at radius 3 is 2.45 bits per heavy atom. The van der Waals surface area contributed by atoms with Gasteiger partial charge in [-0.05, 0) is 42.7 Å². The monoisotopic (exact) mass is 405 g/mol. The molecule has 0 aliphatic carbocycles. The molecule has 0 aliphatic heterocycles. The fourth-order valence-electron chi connectivity index (χ4n) is 2.83. The van der Waals surface area contributed by atoms with Crippen LogP contribution >= 0.6 is 11.8 Å². The molecule has 144 valence electrons. The van der Waals surface area contributed by atoms with Gasteiger partial charge in [-0.1, -0.05) is 24.3 Å². The van der Waals surface area contributed by atoms with Crippen molar-refractivity contribution in [2.45, 2.75) is 5.03 Å². The van der Waals surface area contributed by atoms with Crippen molar-refractivity contribution in [3.63, 3.8) is 0 Å². The molecule has 1 N–H and O–H groups in total.